The van der Waals surface area contributed by atoms with E-state index < -0.39 is 11.7 Å². The number of nitrogens with zero attached hydrogens (tertiary/aromatic N) is 1. The van der Waals surface area contributed by atoms with Crippen molar-refractivity contribution in [3.63, 3.8) is 0 Å². The molecule has 4 rings (SSSR count). The zero-order chi connectivity index (χ0) is 19.7. The van der Waals surface area contributed by atoms with Gasteiger partial charge in [-0.2, -0.15) is 13.2 Å². The average Bonchev–Trinajstić information content (AvgIpc) is 3.12. The summed E-state index contributed by atoms with van der Waals surface area (Å²) in [6.45, 7) is 0. The van der Waals surface area contributed by atoms with Crippen LogP contribution in [0.15, 0.2) is 67.0 Å². The SMILES string of the molecule is COc1ccc(-c2cc3ccncc3[nH]2)cc1Nc1cccc(C(F)(F)F)c1. The van der Waals surface area contributed by atoms with Crippen LogP contribution in [-0.2, 0) is 6.18 Å². The molecule has 0 saturated carbocycles. The van der Waals surface area contributed by atoms with Gasteiger partial charge in [0.15, 0.2) is 0 Å². The van der Waals surface area contributed by atoms with Crippen LogP contribution in [0.3, 0.4) is 0 Å². The maximum Gasteiger partial charge on any atom is 0.416 e. The Morgan fingerprint density at radius 1 is 1.04 bits per heavy atom. The van der Waals surface area contributed by atoms with E-state index in [4.69, 9.17) is 4.74 Å². The van der Waals surface area contributed by atoms with Crippen molar-refractivity contribution in [2.75, 3.05) is 12.4 Å². The number of ether oxygens (including phenoxy) is 1. The fourth-order valence-corrected chi connectivity index (χ4v) is 3.03. The average molecular weight is 383 g/mol. The summed E-state index contributed by atoms with van der Waals surface area (Å²) in [5.74, 6) is 0.527. The Labute approximate surface area is 159 Å². The van der Waals surface area contributed by atoms with Gasteiger partial charge >= 0.3 is 6.18 Å². The molecule has 0 bridgehead atoms. The van der Waals surface area contributed by atoms with Crippen molar-refractivity contribution in [1.82, 2.24) is 9.97 Å². The number of alkyl halides is 3. The van der Waals surface area contributed by atoms with Crippen molar-refractivity contribution in [2.45, 2.75) is 6.18 Å². The van der Waals surface area contributed by atoms with Gasteiger partial charge in [-0.15, -0.1) is 0 Å². The number of aromatic amines is 1. The third-order valence-corrected chi connectivity index (χ3v) is 4.40. The Morgan fingerprint density at radius 2 is 1.89 bits per heavy atom. The maximum atomic E-state index is 13.0. The summed E-state index contributed by atoms with van der Waals surface area (Å²) >= 11 is 0. The number of fused-ring (bicyclic) bond motifs is 1. The maximum absolute atomic E-state index is 13.0. The van der Waals surface area contributed by atoms with Gasteiger partial charge in [-0.05, 0) is 48.5 Å². The quantitative estimate of drug-likeness (QED) is 0.454. The monoisotopic (exact) mass is 383 g/mol. The van der Waals surface area contributed by atoms with Gasteiger partial charge in [0.1, 0.15) is 5.75 Å². The molecule has 0 saturated heterocycles. The molecule has 2 aromatic heterocycles. The highest BCUT2D eigenvalue weighted by molar-refractivity contribution is 5.86. The summed E-state index contributed by atoms with van der Waals surface area (Å²) in [4.78, 5) is 7.38. The number of halogens is 3. The number of methoxy groups -OCH3 is 1. The van der Waals surface area contributed by atoms with Crippen LogP contribution in [0.2, 0.25) is 0 Å². The van der Waals surface area contributed by atoms with Crippen molar-refractivity contribution in [3.05, 3.63) is 72.6 Å². The predicted octanol–water partition coefficient (Wildman–Crippen LogP) is 6.00. The van der Waals surface area contributed by atoms with Gasteiger partial charge in [-0.1, -0.05) is 6.07 Å². The fourth-order valence-electron chi connectivity index (χ4n) is 3.03. The lowest BCUT2D eigenvalue weighted by Gasteiger charge is -2.14. The molecular formula is C21H16F3N3O. The molecular weight excluding hydrogens is 367 g/mol. The first-order valence-corrected chi connectivity index (χ1v) is 8.49. The molecule has 0 radical (unpaired) electrons. The van der Waals surface area contributed by atoms with Crippen molar-refractivity contribution < 1.29 is 17.9 Å². The lowest BCUT2D eigenvalue weighted by atomic mass is 10.1. The molecule has 28 heavy (non-hydrogen) atoms. The highest BCUT2D eigenvalue weighted by Gasteiger charge is 2.30. The Morgan fingerprint density at radius 3 is 2.64 bits per heavy atom. The lowest BCUT2D eigenvalue weighted by molar-refractivity contribution is -0.137. The highest BCUT2D eigenvalue weighted by Crippen LogP contribution is 2.35. The number of benzene rings is 2. The van der Waals surface area contributed by atoms with E-state index in [1.807, 2.05) is 24.3 Å². The van der Waals surface area contributed by atoms with E-state index in [0.29, 0.717) is 17.1 Å². The number of H-pyrrole nitrogens is 1. The van der Waals surface area contributed by atoms with E-state index in [-0.39, 0.29) is 0 Å². The summed E-state index contributed by atoms with van der Waals surface area (Å²) in [5.41, 5.74) is 2.82. The lowest BCUT2D eigenvalue weighted by Crippen LogP contribution is -2.05. The van der Waals surface area contributed by atoms with Gasteiger partial charge in [-0.25, -0.2) is 0 Å². The Kier molecular flexibility index (Phi) is 4.43. The molecule has 7 heteroatoms. The van der Waals surface area contributed by atoms with Crippen LogP contribution < -0.4 is 10.1 Å². The number of aromatic nitrogens is 2. The Bertz CT molecular complexity index is 1100. The molecule has 2 aromatic carbocycles. The molecule has 0 aliphatic rings. The van der Waals surface area contributed by atoms with E-state index in [9.17, 15) is 13.2 Å². The third kappa shape index (κ3) is 3.51. The normalized spacial score (nSPS) is 11.6. The van der Waals surface area contributed by atoms with E-state index in [2.05, 4.69) is 15.3 Å². The minimum Gasteiger partial charge on any atom is -0.495 e. The molecule has 0 spiro atoms. The van der Waals surface area contributed by atoms with Gasteiger partial charge in [0.05, 0.1) is 30.1 Å². The van der Waals surface area contributed by atoms with Crippen LogP contribution in [0.4, 0.5) is 24.5 Å². The topological polar surface area (TPSA) is 49.9 Å². The summed E-state index contributed by atoms with van der Waals surface area (Å²) in [6.07, 6.45) is -0.944. The number of pyridine rings is 1. The van der Waals surface area contributed by atoms with Crippen molar-refractivity contribution >= 4 is 22.3 Å². The van der Waals surface area contributed by atoms with Crippen molar-refractivity contribution in [3.8, 4) is 17.0 Å². The second-order valence-electron chi connectivity index (χ2n) is 6.26. The molecule has 0 aliphatic carbocycles. The standard InChI is InChI=1S/C21H16F3N3O/c1-28-20-6-5-13(17-9-14-7-8-25-12-19(14)27-17)10-18(20)26-16-4-2-3-15(11-16)21(22,23)24/h2-12,26-27H,1H3. The molecule has 0 amide bonds. The van der Waals surface area contributed by atoms with E-state index >= 15 is 0 Å². The minimum atomic E-state index is -4.40. The van der Waals surface area contributed by atoms with Gasteiger partial charge in [0, 0.05) is 28.5 Å². The second-order valence-corrected chi connectivity index (χ2v) is 6.26. The first kappa shape index (κ1) is 17.9. The smallest absolute Gasteiger partial charge is 0.416 e. The second kappa shape index (κ2) is 6.92. The number of nitrogens with one attached hydrogen (secondary N) is 2. The fraction of sp³-hybridized carbons (Fsp3) is 0.0952. The zero-order valence-electron chi connectivity index (χ0n) is 14.8. The third-order valence-electron chi connectivity index (χ3n) is 4.40. The summed E-state index contributed by atoms with van der Waals surface area (Å²) < 4.78 is 44.3. The van der Waals surface area contributed by atoms with Crippen LogP contribution >= 0.6 is 0 Å². The number of anilines is 2. The Balaban J connectivity index is 1.71. The largest absolute Gasteiger partial charge is 0.495 e. The molecule has 0 unspecified atom stereocenters. The van der Waals surface area contributed by atoms with Gasteiger partial charge in [0.25, 0.3) is 0 Å². The minimum absolute atomic E-state index is 0.325. The molecule has 2 heterocycles. The molecule has 4 aromatic rings. The Hall–Kier alpha value is -3.48. The molecule has 2 N–H and O–H groups in total. The molecule has 142 valence electrons. The van der Waals surface area contributed by atoms with Crippen LogP contribution in [0, 0.1) is 0 Å². The number of rotatable bonds is 4. The van der Waals surface area contributed by atoms with Crippen molar-refractivity contribution in [2.24, 2.45) is 0 Å². The first-order valence-electron chi connectivity index (χ1n) is 8.49. The van der Waals surface area contributed by atoms with E-state index in [1.54, 1.807) is 24.5 Å². The van der Waals surface area contributed by atoms with Crippen LogP contribution in [-0.4, -0.2) is 17.1 Å². The predicted molar refractivity (Wildman–Crippen MR) is 103 cm³/mol. The summed E-state index contributed by atoms with van der Waals surface area (Å²) in [5, 5.41) is 4.05. The summed E-state index contributed by atoms with van der Waals surface area (Å²) in [6, 6.07) is 14.4. The highest BCUT2D eigenvalue weighted by atomic mass is 19.4. The first-order chi connectivity index (χ1) is 13.4. The molecule has 4 nitrogen and oxygen atoms in total. The van der Waals surface area contributed by atoms with Gasteiger partial charge in [-0.3, -0.25) is 4.98 Å². The number of hydrogen-bond acceptors (Lipinski definition) is 3. The molecule has 0 atom stereocenters. The van der Waals surface area contributed by atoms with Gasteiger partial charge in [0.2, 0.25) is 0 Å². The van der Waals surface area contributed by atoms with E-state index in [0.717, 1.165) is 34.3 Å². The number of hydrogen-bond donors (Lipinski definition) is 2. The van der Waals surface area contributed by atoms with Crippen LogP contribution in [0.25, 0.3) is 22.2 Å². The van der Waals surface area contributed by atoms with Crippen molar-refractivity contribution in [1.29, 1.82) is 0 Å². The van der Waals surface area contributed by atoms with Crippen LogP contribution in [0.5, 0.6) is 5.75 Å². The van der Waals surface area contributed by atoms with Gasteiger partial charge < -0.3 is 15.0 Å². The zero-order valence-corrected chi connectivity index (χ0v) is 14.8. The summed E-state index contributed by atoms with van der Waals surface area (Å²) in [7, 11) is 1.51. The van der Waals surface area contributed by atoms with E-state index in [1.165, 1.54) is 13.2 Å². The van der Waals surface area contributed by atoms with Crippen LogP contribution in [0.1, 0.15) is 5.56 Å². The molecule has 0 fully saturated rings. The molecule has 0 aliphatic heterocycles.